The number of piperazine rings is 1. The summed E-state index contributed by atoms with van der Waals surface area (Å²) in [6.07, 6.45) is 0. The van der Waals surface area contributed by atoms with Crippen molar-refractivity contribution < 1.29 is 9.13 Å². The van der Waals surface area contributed by atoms with Gasteiger partial charge in [-0.1, -0.05) is 15.9 Å². The molecule has 1 aliphatic heterocycles. The van der Waals surface area contributed by atoms with E-state index < -0.39 is 0 Å². The fourth-order valence-electron chi connectivity index (χ4n) is 2.11. The van der Waals surface area contributed by atoms with Gasteiger partial charge in [0.1, 0.15) is 18.2 Å². The summed E-state index contributed by atoms with van der Waals surface area (Å²) in [6.45, 7) is 6.74. The number of rotatable bonds is 4. The second kappa shape index (κ2) is 8.04. The van der Waals surface area contributed by atoms with Crippen molar-refractivity contribution in [1.29, 1.82) is 0 Å². The maximum absolute atomic E-state index is 13.1. The zero-order valence-electron chi connectivity index (χ0n) is 10.9. The van der Waals surface area contributed by atoms with Crippen molar-refractivity contribution in [2.45, 2.75) is 13.0 Å². The van der Waals surface area contributed by atoms with Crippen LogP contribution in [0.4, 0.5) is 4.39 Å². The summed E-state index contributed by atoms with van der Waals surface area (Å²) in [7, 11) is 0. The van der Waals surface area contributed by atoms with Crippen LogP contribution in [0.1, 0.15) is 6.92 Å². The average Bonchev–Trinajstić information content (AvgIpc) is 2.30. The third-order valence-electron chi connectivity index (χ3n) is 3.12. The molecule has 0 unspecified atom stereocenters. The normalized spacial score (nSPS) is 19.8. The van der Waals surface area contributed by atoms with Crippen LogP contribution in [-0.2, 0) is 0 Å². The lowest BCUT2D eigenvalue weighted by molar-refractivity contribution is 0.143. The predicted molar refractivity (Wildman–Crippen MR) is 80.7 cm³/mol. The SMILES string of the molecule is C[C@H]1CNCCN1CCOc1cc(F)cc(Br)c1.Cl. The molecule has 0 radical (unpaired) electrons. The van der Waals surface area contributed by atoms with E-state index in [2.05, 4.69) is 33.1 Å². The molecule has 1 heterocycles. The van der Waals surface area contributed by atoms with E-state index in [1.807, 2.05) is 0 Å². The van der Waals surface area contributed by atoms with Crippen LogP contribution in [0.3, 0.4) is 0 Å². The number of nitrogens with zero attached hydrogens (tertiary/aromatic N) is 1. The number of nitrogens with one attached hydrogen (secondary N) is 1. The molecule has 0 aliphatic carbocycles. The second-order valence-electron chi connectivity index (χ2n) is 4.54. The van der Waals surface area contributed by atoms with Gasteiger partial charge in [0, 0.05) is 42.8 Å². The molecule has 3 nitrogen and oxygen atoms in total. The Bertz CT molecular complexity index is 388. The summed E-state index contributed by atoms with van der Waals surface area (Å²) >= 11 is 3.25. The Labute approximate surface area is 128 Å². The second-order valence-corrected chi connectivity index (χ2v) is 5.46. The molecule has 19 heavy (non-hydrogen) atoms. The van der Waals surface area contributed by atoms with Crippen LogP contribution in [0.2, 0.25) is 0 Å². The van der Waals surface area contributed by atoms with Gasteiger partial charge in [0.25, 0.3) is 0 Å². The molecule has 108 valence electrons. The van der Waals surface area contributed by atoms with Crippen molar-refractivity contribution in [3.63, 3.8) is 0 Å². The van der Waals surface area contributed by atoms with Crippen LogP contribution in [0.15, 0.2) is 22.7 Å². The quantitative estimate of drug-likeness (QED) is 0.901. The number of hydrogen-bond donors (Lipinski definition) is 1. The van der Waals surface area contributed by atoms with Crippen molar-refractivity contribution in [2.24, 2.45) is 0 Å². The van der Waals surface area contributed by atoms with Gasteiger partial charge in [0.2, 0.25) is 0 Å². The first-order valence-corrected chi connectivity index (χ1v) is 6.98. The fraction of sp³-hybridized carbons (Fsp3) is 0.538. The molecular formula is C13H19BrClFN2O. The Morgan fingerprint density at radius 3 is 2.95 bits per heavy atom. The zero-order chi connectivity index (χ0) is 13.0. The highest BCUT2D eigenvalue weighted by molar-refractivity contribution is 9.10. The number of benzene rings is 1. The molecule has 0 spiro atoms. The van der Waals surface area contributed by atoms with E-state index in [-0.39, 0.29) is 18.2 Å². The summed E-state index contributed by atoms with van der Waals surface area (Å²) in [5.41, 5.74) is 0. The number of ether oxygens (including phenoxy) is 1. The Morgan fingerprint density at radius 1 is 1.47 bits per heavy atom. The van der Waals surface area contributed by atoms with Crippen LogP contribution in [0, 0.1) is 5.82 Å². The third-order valence-corrected chi connectivity index (χ3v) is 3.58. The molecule has 1 fully saturated rings. The minimum Gasteiger partial charge on any atom is -0.492 e. The van der Waals surface area contributed by atoms with E-state index in [1.165, 1.54) is 12.1 Å². The van der Waals surface area contributed by atoms with E-state index in [0.717, 1.165) is 26.2 Å². The zero-order valence-corrected chi connectivity index (χ0v) is 13.3. The Balaban J connectivity index is 0.00000180. The molecule has 0 amide bonds. The molecule has 2 rings (SSSR count). The lowest BCUT2D eigenvalue weighted by Gasteiger charge is -2.33. The lowest BCUT2D eigenvalue weighted by atomic mass is 10.2. The highest BCUT2D eigenvalue weighted by Crippen LogP contribution is 2.20. The van der Waals surface area contributed by atoms with Crippen molar-refractivity contribution in [1.82, 2.24) is 10.2 Å². The Morgan fingerprint density at radius 2 is 2.26 bits per heavy atom. The van der Waals surface area contributed by atoms with Crippen molar-refractivity contribution >= 4 is 28.3 Å². The van der Waals surface area contributed by atoms with Crippen LogP contribution < -0.4 is 10.1 Å². The largest absolute Gasteiger partial charge is 0.492 e. The lowest BCUT2D eigenvalue weighted by Crippen LogP contribution is -2.50. The van der Waals surface area contributed by atoms with E-state index in [1.54, 1.807) is 6.07 Å². The molecule has 0 aromatic heterocycles. The summed E-state index contributed by atoms with van der Waals surface area (Å²) in [4.78, 5) is 2.38. The molecule has 1 atom stereocenters. The maximum atomic E-state index is 13.1. The van der Waals surface area contributed by atoms with Crippen molar-refractivity contribution in [3.05, 3.63) is 28.5 Å². The van der Waals surface area contributed by atoms with Crippen LogP contribution in [0.25, 0.3) is 0 Å². The van der Waals surface area contributed by atoms with E-state index in [4.69, 9.17) is 4.74 Å². The van der Waals surface area contributed by atoms with E-state index in [9.17, 15) is 4.39 Å². The average molecular weight is 354 g/mol. The molecule has 6 heteroatoms. The van der Waals surface area contributed by atoms with Gasteiger partial charge in [0.15, 0.2) is 0 Å². The molecule has 0 saturated carbocycles. The van der Waals surface area contributed by atoms with Gasteiger partial charge in [-0.2, -0.15) is 0 Å². The van der Waals surface area contributed by atoms with E-state index >= 15 is 0 Å². The van der Waals surface area contributed by atoms with Gasteiger partial charge in [-0.3, -0.25) is 4.90 Å². The van der Waals surface area contributed by atoms with Crippen LogP contribution >= 0.6 is 28.3 Å². The smallest absolute Gasteiger partial charge is 0.128 e. The highest BCUT2D eigenvalue weighted by atomic mass is 79.9. The van der Waals surface area contributed by atoms with Crippen molar-refractivity contribution in [2.75, 3.05) is 32.8 Å². The molecule has 1 aromatic carbocycles. The van der Waals surface area contributed by atoms with Crippen LogP contribution in [0.5, 0.6) is 5.75 Å². The summed E-state index contributed by atoms with van der Waals surface area (Å²) in [5.74, 6) is 0.291. The third kappa shape index (κ3) is 5.26. The molecule has 1 N–H and O–H groups in total. The maximum Gasteiger partial charge on any atom is 0.128 e. The van der Waals surface area contributed by atoms with E-state index in [0.29, 0.717) is 22.9 Å². The van der Waals surface area contributed by atoms with Gasteiger partial charge in [-0.15, -0.1) is 12.4 Å². The fourth-order valence-corrected chi connectivity index (χ4v) is 2.55. The molecule has 0 bridgehead atoms. The first kappa shape index (κ1) is 16.7. The first-order valence-electron chi connectivity index (χ1n) is 6.19. The monoisotopic (exact) mass is 352 g/mol. The summed E-state index contributed by atoms with van der Waals surface area (Å²) in [6, 6.07) is 5.14. The first-order chi connectivity index (χ1) is 8.65. The van der Waals surface area contributed by atoms with Gasteiger partial charge in [-0.25, -0.2) is 4.39 Å². The molecular weight excluding hydrogens is 335 g/mol. The number of halogens is 3. The molecule has 1 aliphatic rings. The highest BCUT2D eigenvalue weighted by Gasteiger charge is 2.17. The molecule has 1 aromatic rings. The van der Waals surface area contributed by atoms with Gasteiger partial charge in [0.05, 0.1) is 0 Å². The topological polar surface area (TPSA) is 24.5 Å². The van der Waals surface area contributed by atoms with Gasteiger partial charge in [-0.05, 0) is 19.1 Å². The summed E-state index contributed by atoms with van der Waals surface area (Å²) in [5, 5.41) is 3.35. The Hall–Kier alpha value is -0.360. The minimum absolute atomic E-state index is 0. The summed E-state index contributed by atoms with van der Waals surface area (Å²) < 4.78 is 19.4. The Kier molecular flexibility index (Phi) is 7.07. The van der Waals surface area contributed by atoms with Gasteiger partial charge < -0.3 is 10.1 Å². The van der Waals surface area contributed by atoms with Crippen molar-refractivity contribution in [3.8, 4) is 5.75 Å². The standard InChI is InChI=1S/C13H18BrFN2O.ClH/c1-10-9-16-2-3-17(10)4-5-18-13-7-11(14)6-12(15)8-13;/h6-8,10,16H,2-5,9H2,1H3;1H/t10-;/m0./s1. The predicted octanol–water partition coefficient (Wildman–Crippen LogP) is 2.68. The van der Waals surface area contributed by atoms with Gasteiger partial charge >= 0.3 is 0 Å². The van der Waals surface area contributed by atoms with Crippen LogP contribution in [-0.4, -0.2) is 43.7 Å². The number of hydrogen-bond acceptors (Lipinski definition) is 3. The molecule has 1 saturated heterocycles. The minimum atomic E-state index is -0.282.